The fraction of sp³-hybridized carbons (Fsp3) is 0.650. The number of carbonyl (C=O) groups is 1. The molecule has 2 aliphatic carbocycles. The van der Waals surface area contributed by atoms with Gasteiger partial charge in [-0.05, 0) is 82.4 Å². The van der Waals surface area contributed by atoms with Crippen LogP contribution in [0.5, 0.6) is 0 Å². The molecule has 0 aromatic heterocycles. The summed E-state index contributed by atoms with van der Waals surface area (Å²) in [4.78, 5) is 14.1. The summed E-state index contributed by atoms with van der Waals surface area (Å²) in [6.07, 6.45) is 6.61. The molecule has 0 spiro atoms. The largest absolute Gasteiger partial charge is 0.458 e. The van der Waals surface area contributed by atoms with Crippen molar-refractivity contribution in [1.29, 1.82) is 0 Å². The molecule has 0 aliphatic heterocycles. The van der Waals surface area contributed by atoms with Gasteiger partial charge in [0.05, 0.1) is 0 Å². The second kappa shape index (κ2) is 6.47. The molecular formula is C20H28FNO2. The molecular weight excluding hydrogens is 305 g/mol. The third-order valence-electron chi connectivity index (χ3n) is 6.02. The van der Waals surface area contributed by atoms with Crippen molar-refractivity contribution in [2.45, 2.75) is 62.9 Å². The highest BCUT2D eigenvalue weighted by Gasteiger charge is 2.58. The number of carbonyl (C=O) groups excluding carboxylic acids is 1. The van der Waals surface area contributed by atoms with Crippen LogP contribution in [0.15, 0.2) is 18.2 Å². The summed E-state index contributed by atoms with van der Waals surface area (Å²) in [5, 5.41) is 0. The van der Waals surface area contributed by atoms with Crippen LogP contribution in [-0.4, -0.2) is 37.1 Å². The van der Waals surface area contributed by atoms with E-state index in [2.05, 4.69) is 19.0 Å². The molecule has 0 saturated heterocycles. The topological polar surface area (TPSA) is 29.5 Å². The van der Waals surface area contributed by atoms with Crippen LogP contribution in [0.1, 0.15) is 56.6 Å². The van der Waals surface area contributed by atoms with Crippen LogP contribution in [0.25, 0.3) is 0 Å². The van der Waals surface area contributed by atoms with E-state index in [-0.39, 0.29) is 17.2 Å². The van der Waals surface area contributed by atoms with E-state index < -0.39 is 5.60 Å². The first-order chi connectivity index (χ1) is 11.4. The Bertz CT molecular complexity index is 630. The Morgan fingerprint density at radius 2 is 2.00 bits per heavy atom. The SMILES string of the molecule is CC(=O)O[C@]12CCCC[C@@]1(CCN(C)C)c1cc(F)ccc1CC2. The van der Waals surface area contributed by atoms with E-state index in [1.54, 1.807) is 12.1 Å². The number of aryl methyl sites for hydroxylation is 1. The quantitative estimate of drug-likeness (QED) is 0.784. The first-order valence-corrected chi connectivity index (χ1v) is 9.02. The lowest BCUT2D eigenvalue weighted by atomic mass is 9.53. The first-order valence-electron chi connectivity index (χ1n) is 9.02. The van der Waals surface area contributed by atoms with Gasteiger partial charge in [-0.25, -0.2) is 4.39 Å². The van der Waals surface area contributed by atoms with Gasteiger partial charge in [0.15, 0.2) is 0 Å². The van der Waals surface area contributed by atoms with Crippen molar-refractivity contribution in [3.05, 3.63) is 35.1 Å². The summed E-state index contributed by atoms with van der Waals surface area (Å²) < 4.78 is 20.1. The number of hydrogen-bond acceptors (Lipinski definition) is 3. The van der Waals surface area contributed by atoms with E-state index in [4.69, 9.17) is 4.74 Å². The minimum atomic E-state index is -0.478. The monoisotopic (exact) mass is 333 g/mol. The lowest BCUT2D eigenvalue weighted by molar-refractivity contribution is -0.177. The van der Waals surface area contributed by atoms with Crippen LogP contribution in [0, 0.1) is 5.82 Å². The molecule has 1 saturated carbocycles. The van der Waals surface area contributed by atoms with Gasteiger partial charge in [0.25, 0.3) is 0 Å². The zero-order chi connectivity index (χ0) is 17.4. The predicted molar refractivity (Wildman–Crippen MR) is 92.5 cm³/mol. The molecule has 0 heterocycles. The lowest BCUT2D eigenvalue weighted by Gasteiger charge is -2.56. The van der Waals surface area contributed by atoms with Crippen LogP contribution in [-0.2, 0) is 21.4 Å². The third-order valence-corrected chi connectivity index (χ3v) is 6.02. The van der Waals surface area contributed by atoms with Gasteiger partial charge < -0.3 is 9.64 Å². The average molecular weight is 333 g/mol. The van der Waals surface area contributed by atoms with E-state index in [1.807, 2.05) is 6.07 Å². The minimum absolute atomic E-state index is 0.192. The summed E-state index contributed by atoms with van der Waals surface area (Å²) in [5.41, 5.74) is 1.56. The van der Waals surface area contributed by atoms with Crippen molar-refractivity contribution in [1.82, 2.24) is 4.90 Å². The Hall–Kier alpha value is -1.42. The van der Waals surface area contributed by atoms with Crippen molar-refractivity contribution in [2.75, 3.05) is 20.6 Å². The number of hydrogen-bond donors (Lipinski definition) is 0. The fourth-order valence-corrected chi connectivity index (χ4v) is 4.97. The Morgan fingerprint density at radius 3 is 2.71 bits per heavy atom. The number of ether oxygens (including phenoxy) is 1. The second-order valence-corrected chi connectivity index (χ2v) is 7.73. The molecule has 3 nitrogen and oxygen atoms in total. The van der Waals surface area contributed by atoms with E-state index >= 15 is 0 Å². The summed E-state index contributed by atoms with van der Waals surface area (Å²) in [5.74, 6) is -0.409. The van der Waals surface area contributed by atoms with Crippen molar-refractivity contribution < 1.29 is 13.9 Å². The van der Waals surface area contributed by atoms with E-state index in [1.165, 1.54) is 12.5 Å². The van der Waals surface area contributed by atoms with Crippen LogP contribution in [0.4, 0.5) is 4.39 Å². The molecule has 0 bridgehead atoms. The number of esters is 1. The molecule has 24 heavy (non-hydrogen) atoms. The molecule has 4 heteroatoms. The molecule has 1 fully saturated rings. The van der Waals surface area contributed by atoms with Gasteiger partial charge in [-0.15, -0.1) is 0 Å². The van der Waals surface area contributed by atoms with Gasteiger partial charge in [0.1, 0.15) is 11.4 Å². The van der Waals surface area contributed by atoms with E-state index in [0.29, 0.717) is 0 Å². The fourth-order valence-electron chi connectivity index (χ4n) is 4.97. The molecule has 1 aromatic rings. The maximum atomic E-state index is 14.1. The molecule has 132 valence electrons. The van der Waals surface area contributed by atoms with E-state index in [0.717, 1.165) is 57.1 Å². The second-order valence-electron chi connectivity index (χ2n) is 7.73. The highest BCUT2D eigenvalue weighted by molar-refractivity contribution is 5.67. The summed E-state index contributed by atoms with van der Waals surface area (Å²) >= 11 is 0. The zero-order valence-corrected chi connectivity index (χ0v) is 15.0. The van der Waals surface area contributed by atoms with Gasteiger partial charge in [-0.1, -0.05) is 12.5 Å². The maximum Gasteiger partial charge on any atom is 0.303 e. The van der Waals surface area contributed by atoms with Crippen LogP contribution in [0.2, 0.25) is 0 Å². The van der Waals surface area contributed by atoms with Gasteiger partial charge in [0, 0.05) is 12.3 Å². The smallest absolute Gasteiger partial charge is 0.303 e. The normalized spacial score (nSPS) is 29.0. The van der Waals surface area contributed by atoms with Crippen molar-refractivity contribution >= 4 is 5.97 Å². The summed E-state index contributed by atoms with van der Waals surface area (Å²) in [7, 11) is 4.12. The molecule has 2 atom stereocenters. The molecule has 0 amide bonds. The highest BCUT2D eigenvalue weighted by atomic mass is 19.1. The molecule has 0 N–H and O–H groups in total. The Morgan fingerprint density at radius 1 is 1.25 bits per heavy atom. The van der Waals surface area contributed by atoms with Crippen LogP contribution in [0.3, 0.4) is 0 Å². The Labute approximate surface area is 144 Å². The standard InChI is InChI=1S/C20H28FNO2/c1-15(23)24-20-10-5-4-9-19(20,12-13-22(2)3)18-14-17(21)7-6-16(18)8-11-20/h6-7,14H,4-5,8-13H2,1-3H3/t19-,20+/m1/s1. The molecule has 0 radical (unpaired) electrons. The summed E-state index contributed by atoms with van der Waals surface area (Å²) in [6.45, 7) is 2.40. The number of nitrogens with zero attached hydrogens (tertiary/aromatic N) is 1. The molecule has 2 aliphatic rings. The van der Waals surface area contributed by atoms with Crippen LogP contribution >= 0.6 is 0 Å². The van der Waals surface area contributed by atoms with Gasteiger partial charge in [0.2, 0.25) is 0 Å². The predicted octanol–water partition coefficient (Wildman–Crippen LogP) is 3.84. The third kappa shape index (κ3) is 2.85. The van der Waals surface area contributed by atoms with Crippen LogP contribution < -0.4 is 0 Å². The number of benzene rings is 1. The summed E-state index contributed by atoms with van der Waals surface area (Å²) in [6, 6.07) is 5.18. The zero-order valence-electron chi connectivity index (χ0n) is 15.0. The number of halogens is 1. The Balaban J connectivity index is 2.14. The molecule has 0 unspecified atom stereocenters. The number of rotatable bonds is 4. The maximum absolute atomic E-state index is 14.1. The van der Waals surface area contributed by atoms with Crippen molar-refractivity contribution in [3.63, 3.8) is 0 Å². The molecule has 1 aromatic carbocycles. The lowest BCUT2D eigenvalue weighted by Crippen LogP contribution is -2.59. The van der Waals surface area contributed by atoms with Crippen molar-refractivity contribution in [3.8, 4) is 0 Å². The van der Waals surface area contributed by atoms with Crippen molar-refractivity contribution in [2.24, 2.45) is 0 Å². The minimum Gasteiger partial charge on any atom is -0.458 e. The Kier molecular flexibility index (Phi) is 4.69. The first kappa shape index (κ1) is 17.4. The molecule has 3 rings (SSSR count). The number of fused-ring (bicyclic) bond motifs is 3. The average Bonchev–Trinajstić information content (AvgIpc) is 2.52. The van der Waals surface area contributed by atoms with Gasteiger partial charge in [-0.3, -0.25) is 4.79 Å². The van der Waals surface area contributed by atoms with Gasteiger partial charge >= 0.3 is 5.97 Å². The van der Waals surface area contributed by atoms with E-state index in [9.17, 15) is 9.18 Å². The van der Waals surface area contributed by atoms with Gasteiger partial charge in [-0.2, -0.15) is 0 Å². The highest BCUT2D eigenvalue weighted by Crippen LogP contribution is 2.56.